The zero-order chi connectivity index (χ0) is 44.6. The lowest BCUT2D eigenvalue weighted by Crippen LogP contribution is -2.28. The molecule has 0 atom stereocenters. The SMILES string of the molecule is c1ccc(-c2ccc(-c3nc(-c4ccccc4)nc(-c4cccc(-c5cccc(-c6cccc(-c7ccc8c(c7)-c7ccccc7C8(c7ccccc7)c7ccccc7)c6)c5)c4)n3)cn2)cc1. The van der Waals surface area contributed by atoms with Gasteiger partial charge in [-0.15, -0.1) is 0 Å². The summed E-state index contributed by atoms with van der Waals surface area (Å²) >= 11 is 0. The quantitative estimate of drug-likeness (QED) is 0.145. The first kappa shape index (κ1) is 39.7. The van der Waals surface area contributed by atoms with E-state index in [2.05, 4.69) is 188 Å². The van der Waals surface area contributed by atoms with E-state index >= 15 is 0 Å². The van der Waals surface area contributed by atoms with Crippen molar-refractivity contribution < 1.29 is 0 Å². The van der Waals surface area contributed by atoms with E-state index in [9.17, 15) is 0 Å². The van der Waals surface area contributed by atoms with E-state index in [0.717, 1.165) is 50.2 Å². The van der Waals surface area contributed by atoms with Gasteiger partial charge in [-0.1, -0.05) is 212 Å². The highest BCUT2D eigenvalue weighted by molar-refractivity contribution is 5.89. The number of aromatic nitrogens is 4. The summed E-state index contributed by atoms with van der Waals surface area (Å²) in [4.78, 5) is 19.8. The number of hydrogen-bond acceptors (Lipinski definition) is 4. The second kappa shape index (κ2) is 16.9. The highest BCUT2D eigenvalue weighted by atomic mass is 15.0. The van der Waals surface area contributed by atoms with Gasteiger partial charge in [0.15, 0.2) is 17.5 Å². The van der Waals surface area contributed by atoms with E-state index < -0.39 is 5.41 Å². The molecule has 1 aliphatic rings. The van der Waals surface area contributed by atoms with E-state index in [1.54, 1.807) is 0 Å². The molecule has 9 aromatic carbocycles. The van der Waals surface area contributed by atoms with E-state index in [-0.39, 0.29) is 0 Å². The zero-order valence-corrected chi connectivity index (χ0v) is 36.5. The molecule has 4 nitrogen and oxygen atoms in total. The minimum Gasteiger partial charge on any atom is -0.255 e. The van der Waals surface area contributed by atoms with Crippen molar-refractivity contribution in [1.29, 1.82) is 0 Å². The summed E-state index contributed by atoms with van der Waals surface area (Å²) in [6.07, 6.45) is 1.85. The second-order valence-corrected chi connectivity index (χ2v) is 17.0. The van der Waals surface area contributed by atoms with Crippen molar-refractivity contribution in [3.05, 3.63) is 277 Å². The molecular weight excluding hydrogens is 813 g/mol. The summed E-state index contributed by atoms with van der Waals surface area (Å²) in [7, 11) is 0. The average molecular weight is 855 g/mol. The largest absolute Gasteiger partial charge is 0.255 e. The first-order chi connectivity index (χ1) is 33.2. The number of fused-ring (bicyclic) bond motifs is 3. The van der Waals surface area contributed by atoms with Gasteiger partial charge in [0, 0.05) is 28.5 Å². The molecule has 0 saturated carbocycles. The molecule has 0 radical (unpaired) electrons. The van der Waals surface area contributed by atoms with Crippen molar-refractivity contribution in [2.45, 2.75) is 5.41 Å². The van der Waals surface area contributed by atoms with Gasteiger partial charge in [-0.25, -0.2) is 15.0 Å². The minimum absolute atomic E-state index is 0.421. The Morgan fingerprint density at radius 1 is 0.254 bits per heavy atom. The van der Waals surface area contributed by atoms with Gasteiger partial charge in [0.2, 0.25) is 0 Å². The van der Waals surface area contributed by atoms with Crippen molar-refractivity contribution >= 4 is 0 Å². The Bertz CT molecular complexity index is 3510. The molecule has 0 bridgehead atoms. The number of hydrogen-bond donors (Lipinski definition) is 0. The van der Waals surface area contributed by atoms with Crippen LogP contribution in [0.15, 0.2) is 255 Å². The predicted molar refractivity (Wildman–Crippen MR) is 273 cm³/mol. The number of benzene rings is 9. The molecule has 2 aromatic heterocycles. The zero-order valence-electron chi connectivity index (χ0n) is 36.5. The molecule has 0 unspecified atom stereocenters. The fraction of sp³-hybridized carbons (Fsp3) is 0.0159. The van der Waals surface area contributed by atoms with Crippen LogP contribution in [0.25, 0.3) is 89.9 Å². The van der Waals surface area contributed by atoms with E-state index in [0.29, 0.717) is 17.5 Å². The molecule has 314 valence electrons. The lowest BCUT2D eigenvalue weighted by molar-refractivity contribution is 0.768. The maximum atomic E-state index is 5.05. The molecular formula is C63H42N4. The van der Waals surface area contributed by atoms with E-state index in [1.807, 2.05) is 66.9 Å². The van der Waals surface area contributed by atoms with Crippen LogP contribution in [0.2, 0.25) is 0 Å². The summed E-state index contributed by atoms with van der Waals surface area (Å²) in [5, 5.41) is 0. The lowest BCUT2D eigenvalue weighted by atomic mass is 9.67. The molecule has 1 aliphatic carbocycles. The van der Waals surface area contributed by atoms with Gasteiger partial charge in [-0.3, -0.25) is 4.98 Å². The van der Waals surface area contributed by atoms with E-state index in [1.165, 1.54) is 44.5 Å². The maximum absolute atomic E-state index is 5.05. The summed E-state index contributed by atoms with van der Waals surface area (Å²) in [5.41, 5.74) is 18.7. The van der Waals surface area contributed by atoms with Crippen LogP contribution in [0.5, 0.6) is 0 Å². The van der Waals surface area contributed by atoms with Gasteiger partial charge in [-0.2, -0.15) is 0 Å². The topological polar surface area (TPSA) is 51.6 Å². The smallest absolute Gasteiger partial charge is 0.165 e. The molecule has 67 heavy (non-hydrogen) atoms. The molecule has 0 aliphatic heterocycles. The normalized spacial score (nSPS) is 12.3. The van der Waals surface area contributed by atoms with Gasteiger partial charge >= 0.3 is 0 Å². The molecule has 11 aromatic rings. The van der Waals surface area contributed by atoms with Crippen molar-refractivity contribution in [2.24, 2.45) is 0 Å². The lowest BCUT2D eigenvalue weighted by Gasteiger charge is -2.33. The second-order valence-electron chi connectivity index (χ2n) is 17.0. The molecule has 0 spiro atoms. The minimum atomic E-state index is -0.421. The Hall–Kier alpha value is -8.86. The fourth-order valence-electron chi connectivity index (χ4n) is 9.88. The van der Waals surface area contributed by atoms with Crippen molar-refractivity contribution in [3.63, 3.8) is 0 Å². The summed E-state index contributed by atoms with van der Waals surface area (Å²) in [6, 6.07) is 88.4. The van der Waals surface area contributed by atoms with Gasteiger partial charge in [-0.05, 0) is 103 Å². The van der Waals surface area contributed by atoms with E-state index in [4.69, 9.17) is 19.9 Å². The predicted octanol–water partition coefficient (Wildman–Crippen LogP) is 15.3. The van der Waals surface area contributed by atoms with Crippen molar-refractivity contribution in [3.8, 4) is 89.9 Å². The van der Waals surface area contributed by atoms with Crippen LogP contribution in [0.4, 0.5) is 0 Å². The number of pyridine rings is 1. The van der Waals surface area contributed by atoms with Gasteiger partial charge in [0.25, 0.3) is 0 Å². The highest BCUT2D eigenvalue weighted by Gasteiger charge is 2.46. The summed E-state index contributed by atoms with van der Waals surface area (Å²) in [6.45, 7) is 0. The molecule has 0 saturated heterocycles. The standard InChI is InChI=1S/C63H42N4/c1-5-18-43(19-6-1)59-37-35-52(42-64-59)62-66-60(44-20-7-2-8-21-44)65-61(67-62)51-27-17-26-49(40-51)47-24-15-22-45(38-47)46-23-16-25-48(39-46)50-34-36-58-56(41-50)55-32-13-14-33-57(55)63(58,53-28-9-3-10-29-53)54-30-11-4-12-31-54/h1-42H. The molecule has 12 rings (SSSR count). The molecule has 2 heterocycles. The summed E-state index contributed by atoms with van der Waals surface area (Å²) < 4.78 is 0. The van der Waals surface area contributed by atoms with Crippen LogP contribution >= 0.6 is 0 Å². The van der Waals surface area contributed by atoms with Gasteiger partial charge in [0.1, 0.15) is 0 Å². The highest BCUT2D eigenvalue weighted by Crippen LogP contribution is 2.56. The third-order valence-corrected chi connectivity index (χ3v) is 13.1. The van der Waals surface area contributed by atoms with Crippen LogP contribution in [0.1, 0.15) is 22.3 Å². The van der Waals surface area contributed by atoms with Crippen LogP contribution < -0.4 is 0 Å². The van der Waals surface area contributed by atoms with Crippen LogP contribution in [0.3, 0.4) is 0 Å². The van der Waals surface area contributed by atoms with Crippen molar-refractivity contribution in [2.75, 3.05) is 0 Å². The first-order valence-electron chi connectivity index (χ1n) is 22.7. The fourth-order valence-corrected chi connectivity index (χ4v) is 9.88. The Morgan fingerprint density at radius 3 is 1.21 bits per heavy atom. The Balaban J connectivity index is 0.888. The van der Waals surface area contributed by atoms with Crippen LogP contribution in [0, 0.1) is 0 Å². The van der Waals surface area contributed by atoms with Crippen LogP contribution in [-0.2, 0) is 5.41 Å². The maximum Gasteiger partial charge on any atom is 0.165 e. The van der Waals surface area contributed by atoms with Crippen LogP contribution in [-0.4, -0.2) is 19.9 Å². The third kappa shape index (κ3) is 7.22. The molecule has 4 heteroatoms. The summed E-state index contributed by atoms with van der Waals surface area (Å²) in [5.74, 6) is 1.78. The molecule has 0 amide bonds. The Kier molecular flexibility index (Phi) is 10.0. The van der Waals surface area contributed by atoms with Gasteiger partial charge < -0.3 is 0 Å². The molecule has 0 fully saturated rings. The van der Waals surface area contributed by atoms with Crippen molar-refractivity contribution in [1.82, 2.24) is 19.9 Å². The Labute approximate surface area is 390 Å². The number of nitrogens with zero attached hydrogens (tertiary/aromatic N) is 4. The third-order valence-electron chi connectivity index (χ3n) is 13.1. The average Bonchev–Trinajstić information content (AvgIpc) is 3.72. The number of rotatable bonds is 9. The Morgan fingerprint density at radius 2 is 0.657 bits per heavy atom. The first-order valence-corrected chi connectivity index (χ1v) is 22.7. The molecule has 0 N–H and O–H groups in total. The van der Waals surface area contributed by atoms with Gasteiger partial charge in [0.05, 0.1) is 11.1 Å². The monoisotopic (exact) mass is 854 g/mol.